The van der Waals surface area contributed by atoms with Gasteiger partial charge in [0.2, 0.25) is 0 Å². The lowest BCUT2D eigenvalue weighted by Gasteiger charge is -2.28. The minimum absolute atomic E-state index is 0.649. The van der Waals surface area contributed by atoms with Crippen LogP contribution in [0, 0.1) is 5.92 Å². The molecule has 90 valence electrons. The van der Waals surface area contributed by atoms with Gasteiger partial charge in [0.15, 0.2) is 0 Å². The van der Waals surface area contributed by atoms with Gasteiger partial charge in [-0.05, 0) is 59.3 Å². The van der Waals surface area contributed by atoms with Crippen LogP contribution in [0.5, 0.6) is 0 Å². The van der Waals surface area contributed by atoms with E-state index in [1.807, 2.05) is 0 Å². The molecule has 1 atom stereocenters. The van der Waals surface area contributed by atoms with Crippen molar-refractivity contribution < 1.29 is 4.74 Å². The van der Waals surface area contributed by atoms with Crippen LogP contribution in [0.1, 0.15) is 26.2 Å². The van der Waals surface area contributed by atoms with E-state index in [-0.39, 0.29) is 0 Å². The fourth-order valence-corrected chi connectivity index (χ4v) is 2.11. The molecule has 0 aliphatic carbocycles. The standard InChI is InChI=1S/C12H26N2O/c1-11(12-5-9-15-10-6-12)13-7-4-8-14(2)3/h11-13H,4-10H2,1-3H3. The molecule has 0 aromatic heterocycles. The second kappa shape index (κ2) is 7.20. The van der Waals surface area contributed by atoms with Crippen LogP contribution in [0.15, 0.2) is 0 Å². The molecular weight excluding hydrogens is 188 g/mol. The SMILES string of the molecule is CC(NCCCN(C)C)C1CCOCC1. The minimum Gasteiger partial charge on any atom is -0.381 e. The Morgan fingerprint density at radius 1 is 1.33 bits per heavy atom. The van der Waals surface area contributed by atoms with Crippen molar-refractivity contribution in [2.45, 2.75) is 32.2 Å². The van der Waals surface area contributed by atoms with Gasteiger partial charge in [-0.25, -0.2) is 0 Å². The van der Waals surface area contributed by atoms with Gasteiger partial charge in [0.25, 0.3) is 0 Å². The van der Waals surface area contributed by atoms with Crippen LogP contribution in [0.4, 0.5) is 0 Å². The summed E-state index contributed by atoms with van der Waals surface area (Å²) in [5.74, 6) is 0.818. The molecule has 0 aromatic carbocycles. The van der Waals surface area contributed by atoms with E-state index in [1.54, 1.807) is 0 Å². The third-order valence-corrected chi connectivity index (χ3v) is 3.22. The minimum atomic E-state index is 0.649. The van der Waals surface area contributed by atoms with Crippen LogP contribution < -0.4 is 5.32 Å². The highest BCUT2D eigenvalue weighted by Gasteiger charge is 2.19. The maximum Gasteiger partial charge on any atom is 0.0469 e. The van der Waals surface area contributed by atoms with Gasteiger partial charge in [-0.1, -0.05) is 0 Å². The zero-order valence-electron chi connectivity index (χ0n) is 10.5. The Kier molecular flexibility index (Phi) is 6.22. The van der Waals surface area contributed by atoms with Gasteiger partial charge >= 0.3 is 0 Å². The van der Waals surface area contributed by atoms with Gasteiger partial charge in [0.05, 0.1) is 0 Å². The molecule has 0 radical (unpaired) electrons. The van der Waals surface area contributed by atoms with Crippen LogP contribution >= 0.6 is 0 Å². The summed E-state index contributed by atoms with van der Waals surface area (Å²) in [6.45, 7) is 6.53. The number of hydrogen-bond donors (Lipinski definition) is 1. The van der Waals surface area contributed by atoms with E-state index in [2.05, 4.69) is 31.2 Å². The first-order chi connectivity index (χ1) is 7.20. The predicted molar refractivity (Wildman–Crippen MR) is 64.2 cm³/mol. The Morgan fingerprint density at radius 2 is 2.00 bits per heavy atom. The van der Waals surface area contributed by atoms with Gasteiger partial charge in [0, 0.05) is 19.3 Å². The van der Waals surface area contributed by atoms with E-state index in [0.29, 0.717) is 6.04 Å². The molecule has 0 saturated carbocycles. The van der Waals surface area contributed by atoms with E-state index in [9.17, 15) is 0 Å². The summed E-state index contributed by atoms with van der Waals surface area (Å²) in [5, 5.41) is 3.63. The molecule has 0 bridgehead atoms. The highest BCUT2D eigenvalue weighted by Crippen LogP contribution is 2.18. The van der Waals surface area contributed by atoms with Crippen LogP contribution in [0.25, 0.3) is 0 Å². The average molecular weight is 214 g/mol. The van der Waals surface area contributed by atoms with Crippen molar-refractivity contribution in [1.82, 2.24) is 10.2 Å². The van der Waals surface area contributed by atoms with Crippen molar-refractivity contribution in [1.29, 1.82) is 0 Å². The number of nitrogens with zero attached hydrogens (tertiary/aromatic N) is 1. The van der Waals surface area contributed by atoms with Crippen LogP contribution in [0.3, 0.4) is 0 Å². The second-order valence-electron chi connectivity index (χ2n) is 4.85. The van der Waals surface area contributed by atoms with Crippen molar-refractivity contribution in [3.05, 3.63) is 0 Å². The van der Waals surface area contributed by atoms with Crippen LogP contribution in [-0.2, 0) is 4.74 Å². The molecule has 1 aliphatic heterocycles. The molecule has 1 rings (SSSR count). The molecule has 1 saturated heterocycles. The maximum atomic E-state index is 5.37. The van der Waals surface area contributed by atoms with Crippen LogP contribution in [0.2, 0.25) is 0 Å². The summed E-state index contributed by atoms with van der Waals surface area (Å²) >= 11 is 0. The molecule has 1 heterocycles. The molecule has 1 N–H and O–H groups in total. The van der Waals surface area contributed by atoms with Crippen molar-refractivity contribution in [2.24, 2.45) is 5.92 Å². The first kappa shape index (κ1) is 12.9. The number of ether oxygens (including phenoxy) is 1. The monoisotopic (exact) mass is 214 g/mol. The molecule has 1 aliphatic rings. The highest BCUT2D eigenvalue weighted by molar-refractivity contribution is 4.74. The first-order valence-corrected chi connectivity index (χ1v) is 6.16. The summed E-state index contributed by atoms with van der Waals surface area (Å²) in [4.78, 5) is 2.24. The summed E-state index contributed by atoms with van der Waals surface area (Å²) in [6.07, 6.45) is 3.68. The molecule has 15 heavy (non-hydrogen) atoms. The summed E-state index contributed by atoms with van der Waals surface area (Å²) in [7, 11) is 4.25. The van der Waals surface area contributed by atoms with Gasteiger partial charge in [0.1, 0.15) is 0 Å². The number of rotatable bonds is 6. The average Bonchev–Trinajstić information content (AvgIpc) is 2.25. The molecule has 3 heteroatoms. The van der Waals surface area contributed by atoms with E-state index >= 15 is 0 Å². The van der Waals surface area contributed by atoms with Gasteiger partial charge in [-0.3, -0.25) is 0 Å². The largest absolute Gasteiger partial charge is 0.381 e. The quantitative estimate of drug-likeness (QED) is 0.675. The number of nitrogens with one attached hydrogen (secondary N) is 1. The van der Waals surface area contributed by atoms with E-state index in [0.717, 1.165) is 25.7 Å². The molecule has 3 nitrogen and oxygen atoms in total. The predicted octanol–water partition coefficient (Wildman–Crippen LogP) is 1.34. The lowest BCUT2D eigenvalue weighted by molar-refractivity contribution is 0.0559. The summed E-state index contributed by atoms with van der Waals surface area (Å²) in [6, 6.07) is 0.649. The Balaban J connectivity index is 2.04. The summed E-state index contributed by atoms with van der Waals surface area (Å²) < 4.78 is 5.37. The second-order valence-corrected chi connectivity index (χ2v) is 4.85. The zero-order valence-corrected chi connectivity index (χ0v) is 10.5. The Labute approximate surface area is 94.2 Å². The van der Waals surface area contributed by atoms with Crippen molar-refractivity contribution in [2.75, 3.05) is 40.4 Å². The van der Waals surface area contributed by atoms with Gasteiger partial charge < -0.3 is 15.0 Å². The lowest BCUT2D eigenvalue weighted by Crippen LogP contribution is -2.37. The fraction of sp³-hybridized carbons (Fsp3) is 1.00. The molecule has 0 spiro atoms. The lowest BCUT2D eigenvalue weighted by atomic mass is 9.93. The third kappa shape index (κ3) is 5.50. The van der Waals surface area contributed by atoms with Gasteiger partial charge in [-0.15, -0.1) is 0 Å². The van der Waals surface area contributed by atoms with Crippen molar-refractivity contribution in [3.63, 3.8) is 0 Å². The van der Waals surface area contributed by atoms with Crippen LogP contribution in [-0.4, -0.2) is 51.3 Å². The molecule has 0 aromatic rings. The van der Waals surface area contributed by atoms with E-state index in [1.165, 1.54) is 25.8 Å². The van der Waals surface area contributed by atoms with Crippen molar-refractivity contribution in [3.8, 4) is 0 Å². The molecular formula is C12H26N2O. The highest BCUT2D eigenvalue weighted by atomic mass is 16.5. The number of hydrogen-bond acceptors (Lipinski definition) is 3. The topological polar surface area (TPSA) is 24.5 Å². The van der Waals surface area contributed by atoms with E-state index < -0.39 is 0 Å². The molecule has 1 fully saturated rings. The summed E-state index contributed by atoms with van der Waals surface area (Å²) in [5.41, 5.74) is 0. The fourth-order valence-electron chi connectivity index (χ4n) is 2.11. The van der Waals surface area contributed by atoms with Crippen molar-refractivity contribution >= 4 is 0 Å². The maximum absolute atomic E-state index is 5.37. The normalized spacial score (nSPS) is 20.8. The Bertz CT molecular complexity index is 156. The molecule has 0 amide bonds. The smallest absolute Gasteiger partial charge is 0.0469 e. The Morgan fingerprint density at radius 3 is 2.60 bits per heavy atom. The Hall–Kier alpha value is -0.120. The third-order valence-electron chi connectivity index (χ3n) is 3.22. The molecule has 1 unspecified atom stereocenters. The zero-order chi connectivity index (χ0) is 11.1. The van der Waals surface area contributed by atoms with E-state index in [4.69, 9.17) is 4.74 Å². The first-order valence-electron chi connectivity index (χ1n) is 6.16. The van der Waals surface area contributed by atoms with Gasteiger partial charge in [-0.2, -0.15) is 0 Å².